The Kier molecular flexibility index (Phi) is 8.89. The predicted molar refractivity (Wildman–Crippen MR) is 125 cm³/mol. The van der Waals surface area contributed by atoms with Crippen LogP contribution < -0.4 is 10.6 Å². The number of ether oxygens (including phenoxy) is 2. The number of methoxy groups -OCH3 is 1. The van der Waals surface area contributed by atoms with Gasteiger partial charge in [0, 0.05) is 50.7 Å². The number of hydrogen-bond acceptors (Lipinski definition) is 5. The van der Waals surface area contributed by atoms with Gasteiger partial charge in [-0.2, -0.15) is 0 Å². The summed E-state index contributed by atoms with van der Waals surface area (Å²) in [6.07, 6.45) is 0.352. The fourth-order valence-electron chi connectivity index (χ4n) is 3.78. The molecule has 1 saturated heterocycles. The van der Waals surface area contributed by atoms with Crippen molar-refractivity contribution >= 4 is 23.5 Å². The molecule has 8 nitrogen and oxygen atoms in total. The Labute approximate surface area is 189 Å². The van der Waals surface area contributed by atoms with E-state index in [9.17, 15) is 9.59 Å². The molecule has 1 fully saturated rings. The molecule has 2 aromatic carbocycles. The summed E-state index contributed by atoms with van der Waals surface area (Å²) in [4.78, 5) is 29.1. The van der Waals surface area contributed by atoms with Crippen LogP contribution in [0, 0.1) is 0 Å². The van der Waals surface area contributed by atoms with Crippen molar-refractivity contribution < 1.29 is 19.1 Å². The monoisotopic (exact) mass is 440 g/mol. The van der Waals surface area contributed by atoms with Gasteiger partial charge in [0.05, 0.1) is 6.61 Å². The lowest BCUT2D eigenvalue weighted by atomic mass is 10.2. The Morgan fingerprint density at radius 3 is 2.50 bits per heavy atom. The van der Waals surface area contributed by atoms with Gasteiger partial charge in [0.1, 0.15) is 6.61 Å². The van der Waals surface area contributed by atoms with Gasteiger partial charge >= 0.3 is 12.1 Å². The molecular weight excluding hydrogens is 408 g/mol. The second-order valence-electron chi connectivity index (χ2n) is 7.88. The highest BCUT2D eigenvalue weighted by molar-refractivity contribution is 5.91. The second kappa shape index (κ2) is 12.1. The van der Waals surface area contributed by atoms with Crippen LogP contribution in [0.4, 0.5) is 21.0 Å². The topological polar surface area (TPSA) is 83.1 Å². The van der Waals surface area contributed by atoms with E-state index in [1.807, 2.05) is 11.0 Å². The normalized spacial score (nSPS) is 16.8. The zero-order valence-corrected chi connectivity index (χ0v) is 18.8. The van der Waals surface area contributed by atoms with Crippen molar-refractivity contribution in [3.8, 4) is 0 Å². The molecule has 32 heavy (non-hydrogen) atoms. The lowest BCUT2D eigenvalue weighted by Crippen LogP contribution is -2.44. The van der Waals surface area contributed by atoms with E-state index in [1.165, 1.54) is 5.56 Å². The first-order valence-electron chi connectivity index (χ1n) is 10.9. The fourth-order valence-corrected chi connectivity index (χ4v) is 3.78. The highest BCUT2D eigenvalue weighted by atomic mass is 16.6. The van der Waals surface area contributed by atoms with Gasteiger partial charge in [-0.05, 0) is 37.1 Å². The number of urea groups is 1. The smallest absolute Gasteiger partial charge is 0.411 e. The summed E-state index contributed by atoms with van der Waals surface area (Å²) >= 11 is 0. The molecule has 1 atom stereocenters. The van der Waals surface area contributed by atoms with Crippen LogP contribution in [-0.2, 0) is 16.0 Å². The van der Waals surface area contributed by atoms with Gasteiger partial charge in [0.2, 0.25) is 0 Å². The van der Waals surface area contributed by atoms with Crippen LogP contribution in [0.5, 0.6) is 0 Å². The largest absolute Gasteiger partial charge is 0.447 e. The first kappa shape index (κ1) is 23.6. The van der Waals surface area contributed by atoms with E-state index in [0.29, 0.717) is 24.5 Å². The maximum absolute atomic E-state index is 13.0. The van der Waals surface area contributed by atoms with Gasteiger partial charge in [-0.1, -0.05) is 36.4 Å². The summed E-state index contributed by atoms with van der Waals surface area (Å²) in [5.74, 6) is 0. The van der Waals surface area contributed by atoms with Gasteiger partial charge in [0.25, 0.3) is 0 Å². The van der Waals surface area contributed by atoms with Gasteiger partial charge in [0.15, 0.2) is 0 Å². The Morgan fingerprint density at radius 2 is 1.75 bits per heavy atom. The molecule has 2 aromatic rings. The summed E-state index contributed by atoms with van der Waals surface area (Å²) < 4.78 is 9.86. The third-order valence-corrected chi connectivity index (χ3v) is 5.32. The van der Waals surface area contributed by atoms with E-state index >= 15 is 0 Å². The van der Waals surface area contributed by atoms with E-state index in [1.54, 1.807) is 31.4 Å². The maximum Gasteiger partial charge on any atom is 0.411 e. The van der Waals surface area contributed by atoms with E-state index in [4.69, 9.17) is 9.47 Å². The van der Waals surface area contributed by atoms with Crippen molar-refractivity contribution in [3.05, 3.63) is 60.2 Å². The van der Waals surface area contributed by atoms with Gasteiger partial charge in [-0.15, -0.1) is 0 Å². The average molecular weight is 441 g/mol. The average Bonchev–Trinajstić information content (AvgIpc) is 2.95. The van der Waals surface area contributed by atoms with Crippen LogP contribution in [0.1, 0.15) is 18.9 Å². The summed E-state index contributed by atoms with van der Waals surface area (Å²) in [5.41, 5.74) is 2.44. The highest BCUT2D eigenvalue weighted by Crippen LogP contribution is 2.18. The van der Waals surface area contributed by atoms with Crippen molar-refractivity contribution in [3.63, 3.8) is 0 Å². The van der Waals surface area contributed by atoms with Crippen LogP contribution in [0.2, 0.25) is 0 Å². The van der Waals surface area contributed by atoms with E-state index < -0.39 is 6.09 Å². The molecule has 3 rings (SSSR count). The number of nitrogens with one attached hydrogen (secondary N) is 2. The molecular formula is C24H32N4O4. The quantitative estimate of drug-likeness (QED) is 0.636. The van der Waals surface area contributed by atoms with Crippen LogP contribution in [0.25, 0.3) is 0 Å². The molecule has 0 unspecified atom stereocenters. The molecule has 0 spiro atoms. The number of carbonyl (C=O) groups is 2. The Hall–Kier alpha value is -3.10. The predicted octanol–water partition coefficient (Wildman–Crippen LogP) is 4.01. The summed E-state index contributed by atoms with van der Waals surface area (Å²) in [7, 11) is 1.54. The maximum atomic E-state index is 13.0. The van der Waals surface area contributed by atoms with Crippen molar-refractivity contribution in [2.45, 2.75) is 25.9 Å². The molecule has 0 aromatic heterocycles. The van der Waals surface area contributed by atoms with Crippen LogP contribution in [0.15, 0.2) is 54.6 Å². The Bertz CT molecular complexity index is 877. The third-order valence-electron chi connectivity index (χ3n) is 5.32. The van der Waals surface area contributed by atoms with Crippen LogP contribution in [-0.4, -0.2) is 67.9 Å². The van der Waals surface area contributed by atoms with E-state index in [0.717, 1.165) is 26.1 Å². The highest BCUT2D eigenvalue weighted by Gasteiger charge is 2.25. The molecule has 0 bridgehead atoms. The van der Waals surface area contributed by atoms with Crippen molar-refractivity contribution in [2.24, 2.45) is 0 Å². The zero-order valence-electron chi connectivity index (χ0n) is 18.8. The molecule has 0 saturated carbocycles. The first-order valence-corrected chi connectivity index (χ1v) is 10.9. The van der Waals surface area contributed by atoms with Crippen LogP contribution in [0.3, 0.4) is 0 Å². The summed E-state index contributed by atoms with van der Waals surface area (Å²) in [6.45, 7) is 5.94. The first-order chi connectivity index (χ1) is 15.5. The molecule has 1 aliphatic rings. The molecule has 8 heteroatoms. The number of hydrogen-bond donors (Lipinski definition) is 2. The van der Waals surface area contributed by atoms with E-state index in [2.05, 4.69) is 46.7 Å². The van der Waals surface area contributed by atoms with Crippen molar-refractivity contribution in [1.29, 1.82) is 0 Å². The standard InChI is InChI=1S/C24H32N4O4/c1-19-17-27(18-20-8-4-3-5-9-20)12-7-13-28(19)23(29)25-21-10-6-11-22(16-21)26-24(30)32-15-14-31-2/h3-6,8-11,16,19H,7,12-15,17-18H2,1-2H3,(H,25,29)(H,26,30)/t19-/m0/s1. The van der Waals surface area contributed by atoms with Gasteiger partial charge < -0.3 is 19.7 Å². The summed E-state index contributed by atoms with van der Waals surface area (Å²) in [5, 5.41) is 5.61. The lowest BCUT2D eigenvalue weighted by molar-refractivity contribution is 0.107. The van der Waals surface area contributed by atoms with Gasteiger partial charge in [-0.25, -0.2) is 9.59 Å². The number of amides is 3. The fraction of sp³-hybridized carbons (Fsp3) is 0.417. The summed E-state index contributed by atoms with van der Waals surface area (Å²) in [6, 6.07) is 17.4. The molecule has 172 valence electrons. The Balaban J connectivity index is 1.54. The van der Waals surface area contributed by atoms with Gasteiger partial charge in [-0.3, -0.25) is 10.2 Å². The molecule has 1 heterocycles. The van der Waals surface area contributed by atoms with Crippen molar-refractivity contribution in [1.82, 2.24) is 9.80 Å². The second-order valence-corrected chi connectivity index (χ2v) is 7.88. The van der Waals surface area contributed by atoms with Crippen molar-refractivity contribution in [2.75, 3.05) is 50.6 Å². The number of benzene rings is 2. The number of carbonyl (C=O) groups excluding carboxylic acids is 2. The number of nitrogens with zero attached hydrogens (tertiary/aromatic N) is 2. The SMILES string of the molecule is COCCOC(=O)Nc1cccc(NC(=O)N2CCCN(Cc3ccccc3)C[C@@H]2C)c1. The number of rotatable bonds is 7. The minimum atomic E-state index is -0.565. The minimum absolute atomic E-state index is 0.0817. The van der Waals surface area contributed by atoms with E-state index in [-0.39, 0.29) is 18.7 Å². The number of anilines is 2. The molecule has 3 amide bonds. The lowest BCUT2D eigenvalue weighted by Gasteiger charge is -2.29. The minimum Gasteiger partial charge on any atom is -0.447 e. The molecule has 2 N–H and O–H groups in total. The molecule has 1 aliphatic heterocycles. The van der Waals surface area contributed by atoms with Crippen LogP contribution >= 0.6 is 0 Å². The Morgan fingerprint density at radius 1 is 1.00 bits per heavy atom. The molecule has 0 radical (unpaired) electrons. The third kappa shape index (κ3) is 7.25. The molecule has 0 aliphatic carbocycles. The zero-order chi connectivity index (χ0) is 22.8.